The largest absolute Gasteiger partial charge is 0.497 e. The Morgan fingerprint density at radius 3 is 2.91 bits per heavy atom. The van der Waals surface area contributed by atoms with Gasteiger partial charge in [0.2, 0.25) is 0 Å². The molecule has 0 spiro atoms. The molecule has 0 amide bonds. The van der Waals surface area contributed by atoms with Crippen molar-refractivity contribution in [2.24, 2.45) is 0 Å². The van der Waals surface area contributed by atoms with Gasteiger partial charge in [-0.3, -0.25) is 4.98 Å². The van der Waals surface area contributed by atoms with Crippen molar-refractivity contribution < 1.29 is 9.13 Å². The fourth-order valence-corrected chi connectivity index (χ4v) is 5.40. The van der Waals surface area contributed by atoms with Gasteiger partial charge in [0, 0.05) is 48.5 Å². The van der Waals surface area contributed by atoms with E-state index in [9.17, 15) is 4.39 Å². The molecule has 3 aromatic rings. The van der Waals surface area contributed by atoms with Gasteiger partial charge in [0.1, 0.15) is 16.6 Å². The van der Waals surface area contributed by atoms with Gasteiger partial charge in [-0.2, -0.15) is 0 Å². The van der Waals surface area contributed by atoms with E-state index in [0.29, 0.717) is 16.6 Å². The minimum absolute atomic E-state index is 0.252. The van der Waals surface area contributed by atoms with Gasteiger partial charge in [-0.1, -0.05) is 12.1 Å². The maximum absolute atomic E-state index is 14.7. The fourth-order valence-electron chi connectivity index (χ4n) is 4.51. The zero-order valence-corrected chi connectivity index (χ0v) is 19.1. The van der Waals surface area contributed by atoms with Crippen LogP contribution in [-0.4, -0.2) is 42.7 Å². The molecule has 1 saturated heterocycles. The number of ether oxygens (including phenoxy) is 1. The number of hydrogen-bond acceptors (Lipinski definition) is 6. The van der Waals surface area contributed by atoms with E-state index in [1.165, 1.54) is 16.5 Å². The molecule has 1 unspecified atom stereocenters. The smallest absolute Gasteiger partial charge is 0.135 e. The Morgan fingerprint density at radius 2 is 2.09 bits per heavy atom. The summed E-state index contributed by atoms with van der Waals surface area (Å²) in [7, 11) is 1.69. The van der Waals surface area contributed by atoms with Crippen LogP contribution in [0.15, 0.2) is 42.6 Å². The van der Waals surface area contributed by atoms with Crippen LogP contribution >= 0.6 is 11.3 Å². The number of nitrogens with one attached hydrogen (secondary N) is 2. The highest BCUT2D eigenvalue weighted by molar-refractivity contribution is 7.16. The first kappa shape index (κ1) is 21.0. The van der Waals surface area contributed by atoms with Crippen molar-refractivity contribution in [3.8, 4) is 5.75 Å². The van der Waals surface area contributed by atoms with Gasteiger partial charge in [-0.15, -0.1) is 11.3 Å². The van der Waals surface area contributed by atoms with Crippen LogP contribution in [0.5, 0.6) is 5.75 Å². The van der Waals surface area contributed by atoms with Crippen LogP contribution in [0.25, 0.3) is 11.9 Å². The third-order valence-corrected chi connectivity index (χ3v) is 7.11. The van der Waals surface area contributed by atoms with Crippen molar-refractivity contribution in [3.63, 3.8) is 0 Å². The number of anilines is 1. The van der Waals surface area contributed by atoms with E-state index in [2.05, 4.69) is 45.6 Å². The van der Waals surface area contributed by atoms with Crippen LogP contribution in [0.1, 0.15) is 22.4 Å². The maximum Gasteiger partial charge on any atom is 0.135 e. The molecule has 5 nitrogen and oxygen atoms in total. The van der Waals surface area contributed by atoms with E-state index >= 15 is 0 Å². The Hall–Kier alpha value is -2.90. The highest BCUT2D eigenvalue weighted by atomic mass is 32.1. The van der Waals surface area contributed by atoms with Crippen molar-refractivity contribution in [2.45, 2.75) is 25.8 Å². The Morgan fingerprint density at radius 1 is 1.25 bits per heavy atom. The van der Waals surface area contributed by atoms with E-state index in [-0.39, 0.29) is 5.82 Å². The first-order valence-electron chi connectivity index (χ1n) is 11.0. The van der Waals surface area contributed by atoms with Crippen molar-refractivity contribution in [2.75, 3.05) is 32.1 Å². The molecule has 7 heteroatoms. The van der Waals surface area contributed by atoms with E-state index in [4.69, 9.17) is 4.74 Å². The van der Waals surface area contributed by atoms with Gasteiger partial charge < -0.3 is 20.3 Å². The van der Waals surface area contributed by atoms with Crippen LogP contribution in [-0.2, 0) is 6.42 Å². The lowest BCUT2D eigenvalue weighted by Crippen LogP contribution is -2.52. The monoisotopic (exact) mass is 450 g/mol. The molecule has 4 heterocycles. The summed E-state index contributed by atoms with van der Waals surface area (Å²) in [6, 6.07) is 12.2. The summed E-state index contributed by atoms with van der Waals surface area (Å²) < 4.78 is 19.9. The highest BCUT2D eigenvalue weighted by Gasteiger charge is 2.26. The third-order valence-electron chi connectivity index (χ3n) is 6.13. The molecule has 2 N–H and O–H groups in total. The van der Waals surface area contributed by atoms with Crippen LogP contribution in [0.4, 0.5) is 9.39 Å². The first-order chi connectivity index (χ1) is 15.6. The molecule has 1 aromatic carbocycles. The minimum Gasteiger partial charge on any atom is -0.497 e. The van der Waals surface area contributed by atoms with Crippen LogP contribution in [0.2, 0.25) is 0 Å². The standard InChI is InChI=1S/C25H27FN4OS/c1-16-13-20-24(23-21(14-29-25(20)32-16)22(26)9-10-28-23)30-12-11-27-18(15-30)6-3-17-4-7-19(31-2)8-5-17/h4-5,7-10,13-14,18,27,29H,3,6,11-12,15H2,1-2H3. The molecule has 32 heavy (non-hydrogen) atoms. The Labute approximate surface area is 191 Å². The number of piperazine rings is 1. The maximum atomic E-state index is 14.7. The van der Waals surface area contributed by atoms with Crippen molar-refractivity contribution >= 4 is 28.2 Å². The Kier molecular flexibility index (Phi) is 5.85. The van der Waals surface area contributed by atoms with Crippen molar-refractivity contribution in [1.29, 1.82) is 0 Å². The van der Waals surface area contributed by atoms with E-state index < -0.39 is 0 Å². The summed E-state index contributed by atoms with van der Waals surface area (Å²) >= 11 is 1.69. The molecule has 166 valence electrons. The second-order valence-electron chi connectivity index (χ2n) is 8.28. The average Bonchev–Trinajstić information content (AvgIpc) is 3.10. The molecule has 0 radical (unpaired) electrons. The Balaban J connectivity index is 1.44. The number of thiophene rings is 1. The van der Waals surface area contributed by atoms with Crippen LogP contribution < -0.4 is 25.9 Å². The van der Waals surface area contributed by atoms with Gasteiger partial charge in [0.05, 0.1) is 23.4 Å². The number of fused-ring (bicyclic) bond motifs is 2. The lowest BCUT2D eigenvalue weighted by molar-refractivity contribution is 0.268. The van der Waals surface area contributed by atoms with Gasteiger partial charge >= 0.3 is 0 Å². The lowest BCUT2D eigenvalue weighted by atomic mass is 10.0. The number of pyridine rings is 1. The predicted octanol–water partition coefficient (Wildman–Crippen LogP) is 2.83. The molecule has 1 atom stereocenters. The summed E-state index contributed by atoms with van der Waals surface area (Å²) in [5.74, 6) is 0.629. The molecule has 2 aromatic heterocycles. The molecular formula is C25H27FN4OS. The predicted molar refractivity (Wildman–Crippen MR) is 128 cm³/mol. The number of hydrogen-bond donors (Lipinski definition) is 2. The van der Waals surface area contributed by atoms with Gasteiger partial charge in [-0.25, -0.2) is 4.39 Å². The SMILES string of the molecule is COc1ccc(CCC2CN(C3=c4nccc(F)c4=CNc4sc(C)cc43)CCN2)cc1. The van der Waals surface area contributed by atoms with Gasteiger partial charge in [0.15, 0.2) is 0 Å². The van der Waals surface area contributed by atoms with E-state index in [0.717, 1.165) is 54.5 Å². The minimum atomic E-state index is -0.252. The fraction of sp³-hybridized carbons (Fsp3) is 0.320. The summed E-state index contributed by atoms with van der Waals surface area (Å²) in [6.07, 6.45) is 5.34. The lowest BCUT2D eigenvalue weighted by Gasteiger charge is -2.36. The number of methoxy groups -OCH3 is 1. The van der Waals surface area contributed by atoms with Crippen molar-refractivity contribution in [1.82, 2.24) is 15.2 Å². The average molecular weight is 451 g/mol. The molecule has 0 bridgehead atoms. The van der Waals surface area contributed by atoms with Gasteiger partial charge in [-0.05, 0) is 49.6 Å². The highest BCUT2D eigenvalue weighted by Crippen LogP contribution is 2.34. The summed E-state index contributed by atoms with van der Waals surface area (Å²) in [6.45, 7) is 4.71. The van der Waals surface area contributed by atoms with Crippen LogP contribution in [0, 0.1) is 12.7 Å². The molecule has 2 aliphatic heterocycles. The summed E-state index contributed by atoms with van der Waals surface area (Å²) in [5, 5.41) is 9.27. The van der Waals surface area contributed by atoms with Crippen LogP contribution in [0.3, 0.4) is 0 Å². The first-order valence-corrected chi connectivity index (χ1v) is 11.8. The number of aromatic nitrogens is 1. The normalized spacial score (nSPS) is 17.7. The summed E-state index contributed by atoms with van der Waals surface area (Å²) in [4.78, 5) is 8.23. The number of nitrogens with zero attached hydrogens (tertiary/aromatic N) is 2. The van der Waals surface area contributed by atoms with Crippen molar-refractivity contribution in [3.05, 3.63) is 75.0 Å². The summed E-state index contributed by atoms with van der Waals surface area (Å²) in [5.41, 5.74) is 3.43. The molecular weight excluding hydrogens is 423 g/mol. The van der Waals surface area contributed by atoms with E-state index in [1.54, 1.807) is 30.8 Å². The quantitative estimate of drug-likeness (QED) is 0.626. The number of halogens is 1. The van der Waals surface area contributed by atoms with E-state index in [1.807, 2.05) is 12.1 Å². The molecule has 0 aliphatic carbocycles. The zero-order valence-electron chi connectivity index (χ0n) is 18.3. The number of aryl methyl sites for hydroxylation is 2. The second kappa shape index (κ2) is 8.92. The molecule has 5 rings (SSSR count). The number of benzene rings is 1. The molecule has 1 fully saturated rings. The Bertz CT molecular complexity index is 1240. The molecule has 0 saturated carbocycles. The number of rotatable bonds is 5. The topological polar surface area (TPSA) is 49.4 Å². The third kappa shape index (κ3) is 4.10. The molecule has 2 aliphatic rings. The second-order valence-corrected chi connectivity index (χ2v) is 9.53. The zero-order chi connectivity index (χ0) is 22.1. The van der Waals surface area contributed by atoms with Gasteiger partial charge in [0.25, 0.3) is 0 Å².